The molecule has 0 amide bonds. The first kappa shape index (κ1) is 7.16. The van der Waals surface area contributed by atoms with E-state index < -0.39 is 0 Å². The van der Waals surface area contributed by atoms with Crippen LogP contribution in [-0.2, 0) is 7.05 Å². The van der Waals surface area contributed by atoms with Gasteiger partial charge in [-0.15, -0.1) is 0 Å². The number of benzene rings is 1. The van der Waals surface area contributed by atoms with Crippen LogP contribution >= 0.6 is 0 Å². The molecular formula is C9H9NO2. The summed E-state index contributed by atoms with van der Waals surface area (Å²) in [7, 11) is 1.70. The molecule has 0 saturated heterocycles. The lowest BCUT2D eigenvalue weighted by Crippen LogP contribution is -2.08. The van der Waals surface area contributed by atoms with Gasteiger partial charge >= 0.3 is 5.76 Å². The van der Waals surface area contributed by atoms with Gasteiger partial charge in [0.2, 0.25) is 0 Å². The molecule has 0 aliphatic heterocycles. The maximum absolute atomic E-state index is 11.1. The summed E-state index contributed by atoms with van der Waals surface area (Å²) in [6.07, 6.45) is 0. The molecule has 2 aromatic rings. The van der Waals surface area contributed by atoms with Crippen LogP contribution in [0.4, 0.5) is 0 Å². The molecule has 0 aliphatic carbocycles. The number of oxazole rings is 1. The fourth-order valence-corrected chi connectivity index (χ4v) is 1.29. The average Bonchev–Trinajstić information content (AvgIpc) is 2.32. The summed E-state index contributed by atoms with van der Waals surface area (Å²) in [4.78, 5) is 11.1. The summed E-state index contributed by atoms with van der Waals surface area (Å²) >= 11 is 0. The number of rotatable bonds is 0. The van der Waals surface area contributed by atoms with Gasteiger partial charge < -0.3 is 4.42 Å². The van der Waals surface area contributed by atoms with Crippen molar-refractivity contribution in [2.45, 2.75) is 6.92 Å². The van der Waals surface area contributed by atoms with Crippen molar-refractivity contribution >= 4 is 11.1 Å². The summed E-state index contributed by atoms with van der Waals surface area (Å²) in [5.41, 5.74) is 2.52. The summed E-state index contributed by atoms with van der Waals surface area (Å²) in [6, 6.07) is 5.70. The van der Waals surface area contributed by atoms with E-state index in [0.717, 1.165) is 11.1 Å². The van der Waals surface area contributed by atoms with Gasteiger partial charge in [0, 0.05) is 7.05 Å². The molecule has 0 aliphatic rings. The monoisotopic (exact) mass is 163 g/mol. The van der Waals surface area contributed by atoms with Crippen LogP contribution in [0.1, 0.15) is 5.56 Å². The SMILES string of the molecule is Cc1cccc2c1oc(=O)n2C. The van der Waals surface area contributed by atoms with Gasteiger partial charge in [-0.3, -0.25) is 4.57 Å². The van der Waals surface area contributed by atoms with Gasteiger partial charge in [-0.1, -0.05) is 12.1 Å². The smallest absolute Gasteiger partial charge is 0.407 e. The molecule has 62 valence electrons. The number of aryl methyl sites for hydroxylation is 2. The molecule has 1 aromatic carbocycles. The second kappa shape index (κ2) is 2.24. The predicted octanol–water partition coefficient (Wildman–Crippen LogP) is 1.44. The van der Waals surface area contributed by atoms with Gasteiger partial charge in [0.25, 0.3) is 0 Å². The Morgan fingerprint density at radius 3 is 2.83 bits per heavy atom. The first-order valence-electron chi connectivity index (χ1n) is 3.75. The van der Waals surface area contributed by atoms with Gasteiger partial charge in [-0.05, 0) is 18.6 Å². The molecule has 0 N–H and O–H groups in total. The van der Waals surface area contributed by atoms with E-state index in [0.29, 0.717) is 5.58 Å². The zero-order chi connectivity index (χ0) is 8.72. The molecule has 0 fully saturated rings. The van der Waals surface area contributed by atoms with Crippen LogP contribution in [0.3, 0.4) is 0 Å². The maximum Gasteiger partial charge on any atom is 0.419 e. The molecule has 0 bridgehead atoms. The van der Waals surface area contributed by atoms with Crippen molar-refractivity contribution in [3.05, 3.63) is 34.3 Å². The van der Waals surface area contributed by atoms with Crippen molar-refractivity contribution in [1.82, 2.24) is 4.57 Å². The van der Waals surface area contributed by atoms with E-state index in [4.69, 9.17) is 4.42 Å². The third kappa shape index (κ3) is 0.794. The molecule has 2 rings (SSSR count). The van der Waals surface area contributed by atoms with Crippen LogP contribution in [0.15, 0.2) is 27.4 Å². The molecular weight excluding hydrogens is 154 g/mol. The summed E-state index contributed by atoms with van der Waals surface area (Å²) < 4.78 is 6.54. The second-order valence-electron chi connectivity index (χ2n) is 2.85. The molecule has 1 heterocycles. The second-order valence-corrected chi connectivity index (χ2v) is 2.85. The zero-order valence-electron chi connectivity index (χ0n) is 7.00. The van der Waals surface area contributed by atoms with E-state index in [1.165, 1.54) is 4.57 Å². The Morgan fingerprint density at radius 2 is 2.17 bits per heavy atom. The van der Waals surface area contributed by atoms with Gasteiger partial charge in [0.1, 0.15) is 0 Å². The van der Waals surface area contributed by atoms with Crippen molar-refractivity contribution in [2.24, 2.45) is 7.05 Å². The van der Waals surface area contributed by atoms with E-state index in [2.05, 4.69) is 0 Å². The first-order valence-corrected chi connectivity index (χ1v) is 3.75. The third-order valence-electron chi connectivity index (χ3n) is 2.02. The topological polar surface area (TPSA) is 35.1 Å². The Labute approximate surface area is 69.2 Å². The lowest BCUT2D eigenvalue weighted by atomic mass is 10.2. The largest absolute Gasteiger partial charge is 0.419 e. The van der Waals surface area contributed by atoms with Crippen LogP contribution in [-0.4, -0.2) is 4.57 Å². The highest BCUT2D eigenvalue weighted by molar-refractivity contribution is 5.76. The summed E-state index contributed by atoms with van der Waals surface area (Å²) in [5, 5.41) is 0. The van der Waals surface area contributed by atoms with E-state index in [1.807, 2.05) is 25.1 Å². The fourth-order valence-electron chi connectivity index (χ4n) is 1.29. The fraction of sp³-hybridized carbons (Fsp3) is 0.222. The van der Waals surface area contributed by atoms with Crippen molar-refractivity contribution < 1.29 is 4.42 Å². The molecule has 3 nitrogen and oxygen atoms in total. The Morgan fingerprint density at radius 1 is 1.42 bits per heavy atom. The lowest BCUT2D eigenvalue weighted by molar-refractivity contribution is 0.526. The van der Waals surface area contributed by atoms with Crippen molar-refractivity contribution in [3.8, 4) is 0 Å². The van der Waals surface area contributed by atoms with E-state index in [1.54, 1.807) is 7.05 Å². The number of fused-ring (bicyclic) bond motifs is 1. The van der Waals surface area contributed by atoms with E-state index in [9.17, 15) is 4.79 Å². The summed E-state index contributed by atoms with van der Waals surface area (Å²) in [5.74, 6) is -0.306. The molecule has 0 unspecified atom stereocenters. The minimum Gasteiger partial charge on any atom is -0.407 e. The van der Waals surface area contributed by atoms with Crippen molar-refractivity contribution in [3.63, 3.8) is 0 Å². The molecule has 0 radical (unpaired) electrons. The number of nitrogens with zero attached hydrogens (tertiary/aromatic N) is 1. The van der Waals surface area contributed by atoms with Gasteiger partial charge in [-0.2, -0.15) is 0 Å². The quantitative estimate of drug-likeness (QED) is 0.589. The minimum absolute atomic E-state index is 0.306. The number of aromatic nitrogens is 1. The zero-order valence-corrected chi connectivity index (χ0v) is 7.00. The number of hydrogen-bond acceptors (Lipinski definition) is 2. The van der Waals surface area contributed by atoms with Gasteiger partial charge in [-0.25, -0.2) is 4.79 Å². The maximum atomic E-state index is 11.1. The molecule has 0 saturated carbocycles. The Hall–Kier alpha value is -1.51. The van der Waals surface area contributed by atoms with Crippen LogP contribution in [0, 0.1) is 6.92 Å². The number of para-hydroxylation sites is 1. The van der Waals surface area contributed by atoms with E-state index in [-0.39, 0.29) is 5.76 Å². The summed E-state index contributed by atoms with van der Waals surface area (Å²) in [6.45, 7) is 1.92. The first-order chi connectivity index (χ1) is 5.70. The van der Waals surface area contributed by atoms with Gasteiger partial charge in [0.15, 0.2) is 5.58 Å². The predicted molar refractivity (Wildman–Crippen MR) is 46.2 cm³/mol. The standard InChI is InChI=1S/C9H9NO2/c1-6-4-3-5-7-8(6)12-9(11)10(7)2/h3-5H,1-2H3. The molecule has 12 heavy (non-hydrogen) atoms. The molecule has 3 heteroatoms. The van der Waals surface area contributed by atoms with Crippen molar-refractivity contribution in [2.75, 3.05) is 0 Å². The highest BCUT2D eigenvalue weighted by atomic mass is 16.4. The van der Waals surface area contributed by atoms with E-state index >= 15 is 0 Å². The Balaban J connectivity index is 3.05. The Kier molecular flexibility index (Phi) is 1.33. The molecule has 1 aromatic heterocycles. The molecule has 0 atom stereocenters. The highest BCUT2D eigenvalue weighted by Gasteiger charge is 2.05. The van der Waals surface area contributed by atoms with Crippen LogP contribution < -0.4 is 5.76 Å². The van der Waals surface area contributed by atoms with Crippen LogP contribution in [0.5, 0.6) is 0 Å². The highest BCUT2D eigenvalue weighted by Crippen LogP contribution is 2.15. The van der Waals surface area contributed by atoms with Crippen LogP contribution in [0.25, 0.3) is 11.1 Å². The normalized spacial score (nSPS) is 10.8. The average molecular weight is 163 g/mol. The van der Waals surface area contributed by atoms with Gasteiger partial charge in [0.05, 0.1) is 5.52 Å². The lowest BCUT2D eigenvalue weighted by Gasteiger charge is -1.92. The Bertz CT molecular complexity index is 479. The van der Waals surface area contributed by atoms with Crippen LogP contribution in [0.2, 0.25) is 0 Å². The third-order valence-corrected chi connectivity index (χ3v) is 2.02. The minimum atomic E-state index is -0.306. The van der Waals surface area contributed by atoms with Crippen molar-refractivity contribution in [1.29, 1.82) is 0 Å². The molecule has 0 spiro atoms. The number of hydrogen-bond donors (Lipinski definition) is 0.